The van der Waals surface area contributed by atoms with Crippen molar-refractivity contribution >= 4 is 17.3 Å². The van der Waals surface area contributed by atoms with Crippen LogP contribution in [0.3, 0.4) is 0 Å². The lowest BCUT2D eigenvalue weighted by Crippen LogP contribution is -2.49. The van der Waals surface area contributed by atoms with Gasteiger partial charge < -0.3 is 4.90 Å². The molecule has 1 unspecified atom stereocenters. The second-order valence-corrected chi connectivity index (χ2v) is 9.82. The molecule has 0 radical (unpaired) electrons. The molecule has 34 heavy (non-hydrogen) atoms. The number of benzene rings is 3. The number of unbranched alkanes of at least 4 members (excludes halogenated alkanes) is 1. The lowest BCUT2D eigenvalue weighted by atomic mass is 9.97. The fourth-order valence-corrected chi connectivity index (χ4v) is 5.20. The zero-order valence-electron chi connectivity index (χ0n) is 20.5. The molecule has 0 amide bonds. The van der Waals surface area contributed by atoms with Crippen LogP contribution in [0.5, 0.6) is 0 Å². The van der Waals surface area contributed by atoms with Crippen LogP contribution in [0.1, 0.15) is 66.6 Å². The maximum Gasteiger partial charge on any atom is 0.0991 e. The molecular weight excluding hydrogens is 438 g/mol. The van der Waals surface area contributed by atoms with Gasteiger partial charge in [0.15, 0.2) is 0 Å². The number of nitrogens with zero attached hydrogens (tertiary/aromatic N) is 3. The predicted molar refractivity (Wildman–Crippen MR) is 142 cm³/mol. The number of nitriles is 1. The Hall–Kier alpha value is -2.80. The minimum atomic E-state index is 0.217. The Kier molecular flexibility index (Phi) is 7.93. The summed E-state index contributed by atoms with van der Waals surface area (Å²) < 4.78 is 0. The van der Waals surface area contributed by atoms with Gasteiger partial charge in [-0.1, -0.05) is 73.0 Å². The lowest BCUT2D eigenvalue weighted by molar-refractivity contribution is 0.171. The van der Waals surface area contributed by atoms with Crippen LogP contribution in [0.2, 0.25) is 5.02 Å². The molecule has 176 valence electrons. The number of piperazine rings is 1. The molecule has 0 aromatic heterocycles. The van der Waals surface area contributed by atoms with Crippen LogP contribution in [0.25, 0.3) is 0 Å². The van der Waals surface area contributed by atoms with Crippen molar-refractivity contribution in [3.05, 3.63) is 99.6 Å². The Balaban J connectivity index is 1.61. The molecule has 0 N–H and O–H groups in total. The van der Waals surface area contributed by atoms with E-state index in [2.05, 4.69) is 91.2 Å². The van der Waals surface area contributed by atoms with E-state index in [1.54, 1.807) is 0 Å². The molecule has 4 heteroatoms. The summed E-state index contributed by atoms with van der Waals surface area (Å²) in [7, 11) is 0. The third kappa shape index (κ3) is 5.46. The van der Waals surface area contributed by atoms with Gasteiger partial charge in [-0.15, -0.1) is 0 Å². The standard InChI is InChI=1S/C30H34ClN3/c1-4-5-6-24-11-16-29(28(31)19-24)34-18-17-33(21-30(34)27-12-7-22(2)8-13-27)23(3)26-14-9-25(20-32)10-15-26/h7-16,19,23,30H,4-6,17-18,21H2,1-3H3/t23?,30-/m0/s1. The molecule has 0 saturated carbocycles. The summed E-state index contributed by atoms with van der Waals surface area (Å²) >= 11 is 6.86. The molecule has 4 rings (SSSR count). The van der Waals surface area contributed by atoms with Gasteiger partial charge >= 0.3 is 0 Å². The highest BCUT2D eigenvalue weighted by atomic mass is 35.5. The van der Waals surface area contributed by atoms with Gasteiger partial charge in [0, 0.05) is 25.7 Å². The molecule has 0 spiro atoms. The molecule has 1 aliphatic rings. The molecule has 3 nitrogen and oxygen atoms in total. The Bertz CT molecular complexity index is 1130. The first-order chi connectivity index (χ1) is 16.5. The number of hydrogen-bond donors (Lipinski definition) is 0. The largest absolute Gasteiger partial charge is 0.361 e. The van der Waals surface area contributed by atoms with E-state index in [1.807, 2.05) is 12.1 Å². The summed E-state index contributed by atoms with van der Waals surface area (Å²) in [6.07, 6.45) is 3.45. The molecule has 1 heterocycles. The third-order valence-electron chi connectivity index (χ3n) is 7.08. The molecule has 3 aromatic carbocycles. The second-order valence-electron chi connectivity index (χ2n) is 9.41. The van der Waals surface area contributed by atoms with Crippen LogP contribution >= 0.6 is 11.6 Å². The number of rotatable bonds is 7. The number of halogens is 1. The highest BCUT2D eigenvalue weighted by molar-refractivity contribution is 6.33. The predicted octanol–water partition coefficient (Wildman–Crippen LogP) is 7.49. The van der Waals surface area contributed by atoms with Crippen molar-refractivity contribution in [3.63, 3.8) is 0 Å². The Morgan fingerprint density at radius 2 is 1.76 bits per heavy atom. The average Bonchev–Trinajstić information content (AvgIpc) is 2.87. The molecule has 0 aliphatic carbocycles. The Labute approximate surface area is 209 Å². The normalized spacial score (nSPS) is 17.4. The van der Waals surface area contributed by atoms with E-state index < -0.39 is 0 Å². The summed E-state index contributed by atoms with van der Waals surface area (Å²) in [5.41, 5.74) is 6.97. The van der Waals surface area contributed by atoms with Crippen LogP contribution in [0.15, 0.2) is 66.7 Å². The van der Waals surface area contributed by atoms with Crippen LogP contribution in [-0.4, -0.2) is 24.5 Å². The highest BCUT2D eigenvalue weighted by Crippen LogP contribution is 2.38. The monoisotopic (exact) mass is 471 g/mol. The highest BCUT2D eigenvalue weighted by Gasteiger charge is 2.32. The van der Waals surface area contributed by atoms with Crippen LogP contribution in [-0.2, 0) is 6.42 Å². The molecule has 3 aromatic rings. The Morgan fingerprint density at radius 3 is 2.41 bits per heavy atom. The van der Waals surface area contributed by atoms with Gasteiger partial charge in [0.25, 0.3) is 0 Å². The van der Waals surface area contributed by atoms with E-state index in [0.29, 0.717) is 5.56 Å². The molecular formula is C30H34ClN3. The van der Waals surface area contributed by atoms with Crippen molar-refractivity contribution in [1.29, 1.82) is 5.26 Å². The quantitative estimate of drug-likeness (QED) is 0.357. The zero-order valence-corrected chi connectivity index (χ0v) is 21.2. The molecule has 0 bridgehead atoms. The summed E-state index contributed by atoms with van der Waals surface area (Å²) in [5, 5.41) is 9.99. The number of hydrogen-bond acceptors (Lipinski definition) is 3. The van der Waals surface area contributed by atoms with Crippen LogP contribution in [0.4, 0.5) is 5.69 Å². The van der Waals surface area contributed by atoms with Crippen molar-refractivity contribution in [2.45, 2.75) is 52.1 Å². The fourth-order valence-electron chi connectivity index (χ4n) is 4.88. The number of anilines is 1. The van der Waals surface area contributed by atoms with E-state index >= 15 is 0 Å². The first-order valence-corrected chi connectivity index (χ1v) is 12.7. The fraction of sp³-hybridized carbons (Fsp3) is 0.367. The van der Waals surface area contributed by atoms with E-state index in [1.165, 1.54) is 35.1 Å². The van der Waals surface area contributed by atoms with Gasteiger partial charge in [0.2, 0.25) is 0 Å². The zero-order chi connectivity index (χ0) is 24.1. The van der Waals surface area contributed by atoms with Crippen molar-refractivity contribution in [1.82, 2.24) is 4.90 Å². The van der Waals surface area contributed by atoms with Crippen molar-refractivity contribution < 1.29 is 0 Å². The second kappa shape index (κ2) is 11.1. The van der Waals surface area contributed by atoms with Crippen LogP contribution in [0, 0.1) is 18.3 Å². The average molecular weight is 472 g/mol. The topological polar surface area (TPSA) is 30.3 Å². The Morgan fingerprint density at radius 1 is 1.03 bits per heavy atom. The van der Waals surface area contributed by atoms with Gasteiger partial charge in [-0.05, 0) is 67.6 Å². The summed E-state index contributed by atoms with van der Waals surface area (Å²) in [4.78, 5) is 5.03. The van der Waals surface area contributed by atoms with Gasteiger partial charge in [-0.25, -0.2) is 0 Å². The maximum absolute atomic E-state index is 9.14. The number of aryl methyl sites for hydroxylation is 2. The summed E-state index contributed by atoms with van der Waals surface area (Å²) in [6.45, 7) is 9.40. The van der Waals surface area contributed by atoms with E-state index in [-0.39, 0.29) is 12.1 Å². The van der Waals surface area contributed by atoms with E-state index in [0.717, 1.165) is 36.8 Å². The summed E-state index contributed by atoms with van der Waals surface area (Å²) in [5.74, 6) is 0. The smallest absolute Gasteiger partial charge is 0.0991 e. The van der Waals surface area contributed by atoms with Crippen LogP contribution < -0.4 is 4.90 Å². The first kappa shape index (κ1) is 24.3. The van der Waals surface area contributed by atoms with Gasteiger partial charge in [-0.3, -0.25) is 4.90 Å². The van der Waals surface area contributed by atoms with Gasteiger partial charge in [0.05, 0.1) is 28.4 Å². The SMILES string of the molecule is CCCCc1ccc(N2CCN(C(C)c3ccc(C#N)cc3)C[C@H]2c2ccc(C)cc2)c(Cl)c1. The van der Waals surface area contributed by atoms with E-state index in [4.69, 9.17) is 16.9 Å². The molecule has 1 saturated heterocycles. The van der Waals surface area contributed by atoms with Crippen molar-refractivity contribution in [3.8, 4) is 6.07 Å². The van der Waals surface area contributed by atoms with Crippen molar-refractivity contribution in [2.24, 2.45) is 0 Å². The summed E-state index contributed by atoms with van der Waals surface area (Å²) in [6, 6.07) is 26.2. The molecule has 1 aliphatic heterocycles. The molecule has 1 fully saturated rings. The minimum Gasteiger partial charge on any atom is -0.361 e. The first-order valence-electron chi connectivity index (χ1n) is 12.4. The van der Waals surface area contributed by atoms with Crippen molar-refractivity contribution in [2.75, 3.05) is 24.5 Å². The molecule has 2 atom stereocenters. The maximum atomic E-state index is 9.14. The lowest BCUT2D eigenvalue weighted by Gasteiger charge is -2.45. The van der Waals surface area contributed by atoms with Gasteiger partial charge in [0.1, 0.15) is 0 Å². The minimum absolute atomic E-state index is 0.217. The van der Waals surface area contributed by atoms with Gasteiger partial charge in [-0.2, -0.15) is 5.26 Å². The third-order valence-corrected chi connectivity index (χ3v) is 7.39. The van der Waals surface area contributed by atoms with E-state index in [9.17, 15) is 0 Å².